The minimum atomic E-state index is -5.02. The van der Waals surface area contributed by atoms with Gasteiger partial charge in [0, 0.05) is 18.1 Å². The predicted molar refractivity (Wildman–Crippen MR) is 100 cm³/mol. The van der Waals surface area contributed by atoms with Crippen LogP contribution in [0.25, 0.3) is 0 Å². The molecule has 0 aliphatic carbocycles. The molecule has 0 aliphatic rings. The molecule has 0 heterocycles. The zero-order chi connectivity index (χ0) is 24.8. The second-order valence-electron chi connectivity index (χ2n) is 6.56. The van der Waals surface area contributed by atoms with Crippen LogP contribution >= 0.6 is 0 Å². The number of rotatable bonds is 9. The Morgan fingerprint density at radius 1 is 0.697 bits per heavy atom. The maximum absolute atomic E-state index is 12.4. The fourth-order valence-corrected chi connectivity index (χ4v) is 2.46. The van der Waals surface area contributed by atoms with E-state index in [2.05, 4.69) is 0 Å². The van der Waals surface area contributed by atoms with E-state index in [0.717, 1.165) is 55.5 Å². The third-order valence-corrected chi connectivity index (χ3v) is 3.95. The van der Waals surface area contributed by atoms with Crippen molar-refractivity contribution < 1.29 is 54.9 Å². The van der Waals surface area contributed by atoms with Crippen molar-refractivity contribution >= 4 is 17.5 Å². The average molecular weight is 478 g/mol. The largest absolute Gasteiger partial charge is 0.490 e. The van der Waals surface area contributed by atoms with Crippen LogP contribution in [0.4, 0.5) is 26.3 Å². The Morgan fingerprint density at radius 3 is 1.30 bits per heavy atom. The van der Waals surface area contributed by atoms with Gasteiger partial charge in [-0.05, 0) is 48.5 Å². The summed E-state index contributed by atoms with van der Waals surface area (Å²) in [7, 11) is 0. The highest BCUT2D eigenvalue weighted by Crippen LogP contribution is 2.24. The number of alkyl halides is 6. The Kier molecular flexibility index (Phi) is 8.07. The molecule has 12 heteroatoms. The summed E-state index contributed by atoms with van der Waals surface area (Å²) >= 11 is 0. The third-order valence-electron chi connectivity index (χ3n) is 3.95. The summed E-state index contributed by atoms with van der Waals surface area (Å²) in [6.07, 6.45) is -11.0. The van der Waals surface area contributed by atoms with Gasteiger partial charge in [0.1, 0.15) is 24.7 Å². The zero-order valence-electron chi connectivity index (χ0n) is 16.8. The highest BCUT2D eigenvalue weighted by Gasteiger charge is 2.39. The minimum absolute atomic E-state index is 0.0842. The SMILES string of the molecule is CC(=O)OC(COc1ccc(C(=O)C(F)(F)F)cc1)COc1ccc(C(=O)C(F)(F)F)cc1. The van der Waals surface area contributed by atoms with Crippen LogP contribution in [-0.2, 0) is 9.53 Å². The van der Waals surface area contributed by atoms with Crippen LogP contribution in [0.15, 0.2) is 48.5 Å². The van der Waals surface area contributed by atoms with Crippen LogP contribution in [0.1, 0.15) is 27.6 Å². The van der Waals surface area contributed by atoms with Gasteiger partial charge in [-0.15, -0.1) is 0 Å². The first-order valence-electron chi connectivity index (χ1n) is 9.13. The Hall–Kier alpha value is -3.57. The maximum atomic E-state index is 12.4. The number of halogens is 6. The second-order valence-corrected chi connectivity index (χ2v) is 6.56. The summed E-state index contributed by atoms with van der Waals surface area (Å²) in [5.41, 5.74) is -1.16. The van der Waals surface area contributed by atoms with Gasteiger partial charge in [0.15, 0.2) is 6.10 Å². The van der Waals surface area contributed by atoms with Crippen molar-refractivity contribution in [3.63, 3.8) is 0 Å². The van der Waals surface area contributed by atoms with Gasteiger partial charge in [0.05, 0.1) is 0 Å². The van der Waals surface area contributed by atoms with Crippen LogP contribution in [0.5, 0.6) is 11.5 Å². The molecular formula is C21H16F6O6. The predicted octanol–water partition coefficient (Wildman–Crippen LogP) is 4.57. The molecule has 0 saturated heterocycles. The molecular weight excluding hydrogens is 462 g/mol. The Morgan fingerprint density at radius 2 is 1.03 bits per heavy atom. The lowest BCUT2D eigenvalue weighted by molar-refractivity contribution is -0.149. The number of benzene rings is 2. The summed E-state index contributed by atoms with van der Waals surface area (Å²) in [5.74, 6) is -4.54. The normalized spacial score (nSPS) is 11.8. The molecule has 0 radical (unpaired) electrons. The number of esters is 1. The third kappa shape index (κ3) is 7.81. The van der Waals surface area contributed by atoms with E-state index in [1.807, 2.05) is 0 Å². The number of hydrogen-bond donors (Lipinski definition) is 0. The standard InChI is InChI=1S/C21H16F6O6/c1-12(28)33-17(10-31-15-6-2-13(3-7-15)18(29)20(22,23)24)11-32-16-8-4-14(5-9-16)19(30)21(25,26)27/h2-9,17H,10-11H2,1H3. The minimum Gasteiger partial charge on any atom is -0.490 e. The number of Topliss-reactive ketones (excluding diaryl/α,β-unsaturated/α-hetero) is 2. The van der Waals surface area contributed by atoms with E-state index in [4.69, 9.17) is 14.2 Å². The molecule has 178 valence electrons. The van der Waals surface area contributed by atoms with E-state index in [1.165, 1.54) is 0 Å². The van der Waals surface area contributed by atoms with Crippen LogP contribution in [0, 0.1) is 0 Å². The molecule has 2 rings (SSSR count). The van der Waals surface area contributed by atoms with Crippen molar-refractivity contribution in [3.8, 4) is 11.5 Å². The van der Waals surface area contributed by atoms with Crippen LogP contribution < -0.4 is 9.47 Å². The summed E-state index contributed by atoms with van der Waals surface area (Å²) < 4.78 is 90.3. The van der Waals surface area contributed by atoms with E-state index in [0.29, 0.717) is 0 Å². The van der Waals surface area contributed by atoms with Gasteiger partial charge >= 0.3 is 18.3 Å². The molecule has 0 bridgehead atoms. The van der Waals surface area contributed by atoms with Gasteiger partial charge in [0.2, 0.25) is 0 Å². The van der Waals surface area contributed by atoms with E-state index < -0.39 is 47.1 Å². The second kappa shape index (κ2) is 10.4. The fraction of sp³-hybridized carbons (Fsp3) is 0.286. The topological polar surface area (TPSA) is 78.9 Å². The first-order chi connectivity index (χ1) is 15.3. The molecule has 2 aromatic rings. The molecule has 0 N–H and O–H groups in total. The molecule has 2 aromatic carbocycles. The van der Waals surface area contributed by atoms with Gasteiger partial charge in [-0.2, -0.15) is 26.3 Å². The van der Waals surface area contributed by atoms with E-state index in [-0.39, 0.29) is 24.7 Å². The zero-order valence-corrected chi connectivity index (χ0v) is 16.8. The monoisotopic (exact) mass is 478 g/mol. The lowest BCUT2D eigenvalue weighted by Gasteiger charge is -2.18. The van der Waals surface area contributed by atoms with Gasteiger partial charge in [-0.3, -0.25) is 14.4 Å². The fourth-order valence-electron chi connectivity index (χ4n) is 2.46. The molecule has 6 nitrogen and oxygen atoms in total. The van der Waals surface area contributed by atoms with Crippen molar-refractivity contribution in [2.75, 3.05) is 13.2 Å². The van der Waals surface area contributed by atoms with Gasteiger partial charge in [-0.25, -0.2) is 0 Å². The van der Waals surface area contributed by atoms with Crippen molar-refractivity contribution in [2.24, 2.45) is 0 Å². The highest BCUT2D eigenvalue weighted by molar-refractivity contribution is 6.00. The molecule has 0 aromatic heterocycles. The average Bonchev–Trinajstić information content (AvgIpc) is 2.73. The highest BCUT2D eigenvalue weighted by atomic mass is 19.4. The smallest absolute Gasteiger partial charge is 0.454 e. The van der Waals surface area contributed by atoms with Gasteiger partial charge in [-0.1, -0.05) is 0 Å². The number of carbonyl (C=O) groups excluding carboxylic acids is 3. The summed E-state index contributed by atoms with van der Waals surface area (Å²) in [6, 6.07) is 8.20. The van der Waals surface area contributed by atoms with E-state index >= 15 is 0 Å². The molecule has 0 atom stereocenters. The van der Waals surface area contributed by atoms with Gasteiger partial charge in [0.25, 0.3) is 11.6 Å². The Labute approximate surface area is 183 Å². The van der Waals surface area contributed by atoms with Crippen molar-refractivity contribution in [1.82, 2.24) is 0 Å². The van der Waals surface area contributed by atoms with Crippen LogP contribution in [0.2, 0.25) is 0 Å². The molecule has 0 fully saturated rings. The maximum Gasteiger partial charge on any atom is 0.454 e. The summed E-state index contributed by atoms with van der Waals surface area (Å²) in [5, 5.41) is 0. The first kappa shape index (κ1) is 25.7. The lowest BCUT2D eigenvalue weighted by Crippen LogP contribution is -2.30. The Balaban J connectivity index is 1.96. The quantitative estimate of drug-likeness (QED) is 0.299. The molecule has 0 spiro atoms. The van der Waals surface area contributed by atoms with E-state index in [9.17, 15) is 40.7 Å². The van der Waals surface area contributed by atoms with Crippen molar-refractivity contribution in [1.29, 1.82) is 0 Å². The number of ether oxygens (including phenoxy) is 3. The molecule has 0 unspecified atom stereocenters. The molecule has 0 saturated carbocycles. The Bertz CT molecular complexity index is 907. The number of hydrogen-bond acceptors (Lipinski definition) is 6. The molecule has 33 heavy (non-hydrogen) atoms. The summed E-state index contributed by atoms with van der Waals surface area (Å²) in [6.45, 7) is 0.551. The van der Waals surface area contributed by atoms with Crippen LogP contribution in [0.3, 0.4) is 0 Å². The number of carbonyl (C=O) groups is 3. The van der Waals surface area contributed by atoms with Crippen LogP contribution in [-0.4, -0.2) is 49.2 Å². The number of ketones is 2. The summed E-state index contributed by atoms with van der Waals surface area (Å²) in [4.78, 5) is 33.6. The molecule has 0 aliphatic heterocycles. The van der Waals surface area contributed by atoms with Crippen molar-refractivity contribution in [2.45, 2.75) is 25.4 Å². The molecule has 0 amide bonds. The first-order valence-corrected chi connectivity index (χ1v) is 9.13. The van der Waals surface area contributed by atoms with Gasteiger partial charge < -0.3 is 14.2 Å². The van der Waals surface area contributed by atoms with Crippen molar-refractivity contribution in [3.05, 3.63) is 59.7 Å². The lowest BCUT2D eigenvalue weighted by atomic mass is 10.1. The van der Waals surface area contributed by atoms with E-state index in [1.54, 1.807) is 0 Å².